The van der Waals surface area contributed by atoms with Gasteiger partial charge in [-0.25, -0.2) is 0 Å². The number of methoxy groups -OCH3 is 1. The van der Waals surface area contributed by atoms with Crippen LogP contribution >= 0.6 is 0 Å². The Bertz CT molecular complexity index is 188. The van der Waals surface area contributed by atoms with Gasteiger partial charge in [0, 0.05) is 26.4 Å². The van der Waals surface area contributed by atoms with E-state index in [4.69, 9.17) is 9.47 Å². The van der Waals surface area contributed by atoms with Gasteiger partial charge in [0.05, 0.1) is 5.60 Å². The summed E-state index contributed by atoms with van der Waals surface area (Å²) in [4.78, 5) is 0. The second-order valence-corrected chi connectivity index (χ2v) is 5.44. The molecule has 0 spiro atoms. The summed E-state index contributed by atoms with van der Waals surface area (Å²) in [5, 5.41) is 3.42. The SMILES string of the molecule is CNC(CC1CCOCC1)CC(C)(C)OC. The molecular formula is C13H27NO2. The topological polar surface area (TPSA) is 30.5 Å². The average molecular weight is 229 g/mol. The molecule has 3 nitrogen and oxygen atoms in total. The molecule has 1 fully saturated rings. The molecule has 0 aromatic heterocycles. The summed E-state index contributed by atoms with van der Waals surface area (Å²) in [6.45, 7) is 6.19. The lowest BCUT2D eigenvalue weighted by molar-refractivity contribution is 0.00224. The van der Waals surface area contributed by atoms with E-state index in [1.165, 1.54) is 19.3 Å². The van der Waals surface area contributed by atoms with Gasteiger partial charge in [0.15, 0.2) is 0 Å². The van der Waals surface area contributed by atoms with Crippen LogP contribution in [-0.2, 0) is 9.47 Å². The van der Waals surface area contributed by atoms with Crippen LogP contribution in [0.15, 0.2) is 0 Å². The lowest BCUT2D eigenvalue weighted by Crippen LogP contribution is -2.37. The summed E-state index contributed by atoms with van der Waals surface area (Å²) >= 11 is 0. The van der Waals surface area contributed by atoms with Crippen molar-refractivity contribution >= 4 is 0 Å². The van der Waals surface area contributed by atoms with Gasteiger partial charge in [-0.15, -0.1) is 0 Å². The molecule has 1 heterocycles. The van der Waals surface area contributed by atoms with Crippen molar-refractivity contribution in [3.63, 3.8) is 0 Å². The zero-order chi connectivity index (χ0) is 12.0. The third-order valence-corrected chi connectivity index (χ3v) is 3.66. The zero-order valence-corrected chi connectivity index (χ0v) is 11.2. The fraction of sp³-hybridized carbons (Fsp3) is 1.00. The summed E-state index contributed by atoms with van der Waals surface area (Å²) in [6.07, 6.45) is 4.74. The minimum Gasteiger partial charge on any atom is -0.381 e. The number of rotatable bonds is 6. The maximum Gasteiger partial charge on any atom is 0.0637 e. The Kier molecular flexibility index (Phi) is 5.73. The van der Waals surface area contributed by atoms with Crippen molar-refractivity contribution in [2.75, 3.05) is 27.4 Å². The number of hydrogen-bond acceptors (Lipinski definition) is 3. The molecule has 0 aromatic rings. The van der Waals surface area contributed by atoms with E-state index in [2.05, 4.69) is 26.2 Å². The Morgan fingerprint density at radius 2 is 2.00 bits per heavy atom. The predicted molar refractivity (Wildman–Crippen MR) is 66.7 cm³/mol. The number of ether oxygens (including phenoxy) is 2. The number of nitrogens with one attached hydrogen (secondary N) is 1. The predicted octanol–water partition coefficient (Wildman–Crippen LogP) is 2.21. The van der Waals surface area contributed by atoms with Crippen LogP contribution in [0.25, 0.3) is 0 Å². The van der Waals surface area contributed by atoms with Gasteiger partial charge < -0.3 is 14.8 Å². The molecule has 1 aliphatic rings. The van der Waals surface area contributed by atoms with Gasteiger partial charge >= 0.3 is 0 Å². The van der Waals surface area contributed by atoms with Crippen molar-refractivity contribution in [3.05, 3.63) is 0 Å². The quantitative estimate of drug-likeness (QED) is 0.757. The molecule has 0 saturated carbocycles. The summed E-state index contributed by atoms with van der Waals surface area (Å²) in [6, 6.07) is 0.554. The average Bonchev–Trinajstić information content (AvgIpc) is 2.29. The first-order valence-electron chi connectivity index (χ1n) is 6.37. The second-order valence-electron chi connectivity index (χ2n) is 5.44. The molecule has 1 aliphatic heterocycles. The van der Waals surface area contributed by atoms with Gasteiger partial charge in [0.25, 0.3) is 0 Å². The minimum absolute atomic E-state index is 0.0289. The molecule has 0 aromatic carbocycles. The van der Waals surface area contributed by atoms with Crippen molar-refractivity contribution in [1.82, 2.24) is 5.32 Å². The highest BCUT2D eigenvalue weighted by Gasteiger charge is 2.25. The highest BCUT2D eigenvalue weighted by atomic mass is 16.5. The van der Waals surface area contributed by atoms with Crippen molar-refractivity contribution in [2.45, 2.75) is 51.2 Å². The first-order chi connectivity index (χ1) is 7.57. The molecule has 16 heavy (non-hydrogen) atoms. The first-order valence-corrected chi connectivity index (χ1v) is 6.37. The molecule has 96 valence electrons. The maximum atomic E-state index is 5.49. The maximum absolute atomic E-state index is 5.49. The van der Waals surface area contributed by atoms with E-state index in [-0.39, 0.29) is 5.60 Å². The lowest BCUT2D eigenvalue weighted by Gasteiger charge is -2.31. The van der Waals surface area contributed by atoms with E-state index in [9.17, 15) is 0 Å². The van der Waals surface area contributed by atoms with E-state index < -0.39 is 0 Å². The van der Waals surface area contributed by atoms with E-state index in [1.807, 2.05) is 0 Å². The molecule has 0 radical (unpaired) electrons. The third-order valence-electron chi connectivity index (χ3n) is 3.66. The van der Waals surface area contributed by atoms with Crippen molar-refractivity contribution in [3.8, 4) is 0 Å². The largest absolute Gasteiger partial charge is 0.381 e. The van der Waals surface area contributed by atoms with Gasteiger partial charge in [-0.05, 0) is 52.5 Å². The highest BCUT2D eigenvalue weighted by molar-refractivity contribution is 4.80. The minimum atomic E-state index is -0.0289. The normalized spacial score (nSPS) is 21.0. The zero-order valence-electron chi connectivity index (χ0n) is 11.2. The summed E-state index contributed by atoms with van der Waals surface area (Å²) in [5.41, 5.74) is -0.0289. The number of hydrogen-bond donors (Lipinski definition) is 1. The van der Waals surface area contributed by atoms with Gasteiger partial charge in [0.2, 0.25) is 0 Å². The first kappa shape index (κ1) is 13.9. The van der Waals surface area contributed by atoms with Crippen LogP contribution in [-0.4, -0.2) is 39.0 Å². The molecule has 0 aliphatic carbocycles. The molecule has 0 bridgehead atoms. The van der Waals surface area contributed by atoms with Gasteiger partial charge in [-0.1, -0.05) is 0 Å². The summed E-state index contributed by atoms with van der Waals surface area (Å²) < 4.78 is 10.9. The van der Waals surface area contributed by atoms with E-state index in [0.717, 1.165) is 25.6 Å². The van der Waals surface area contributed by atoms with Gasteiger partial charge in [0.1, 0.15) is 0 Å². The highest BCUT2D eigenvalue weighted by Crippen LogP contribution is 2.24. The Hall–Kier alpha value is -0.120. The van der Waals surface area contributed by atoms with E-state index in [0.29, 0.717) is 6.04 Å². The Morgan fingerprint density at radius 1 is 1.38 bits per heavy atom. The van der Waals surface area contributed by atoms with Crippen molar-refractivity contribution in [2.24, 2.45) is 5.92 Å². The molecule has 1 unspecified atom stereocenters. The van der Waals surface area contributed by atoms with Crippen LogP contribution in [0.4, 0.5) is 0 Å². The molecule has 0 amide bonds. The Labute approximate surface area is 99.9 Å². The van der Waals surface area contributed by atoms with E-state index >= 15 is 0 Å². The third kappa shape index (κ3) is 4.81. The fourth-order valence-electron chi connectivity index (χ4n) is 2.36. The molecular weight excluding hydrogens is 202 g/mol. The van der Waals surface area contributed by atoms with Crippen molar-refractivity contribution in [1.29, 1.82) is 0 Å². The van der Waals surface area contributed by atoms with Gasteiger partial charge in [-0.2, -0.15) is 0 Å². The monoisotopic (exact) mass is 229 g/mol. The van der Waals surface area contributed by atoms with Crippen LogP contribution in [0.5, 0.6) is 0 Å². The molecule has 1 atom stereocenters. The Balaban J connectivity index is 2.35. The summed E-state index contributed by atoms with van der Waals surface area (Å²) in [7, 11) is 3.84. The van der Waals surface area contributed by atoms with Crippen LogP contribution in [0, 0.1) is 5.92 Å². The smallest absolute Gasteiger partial charge is 0.0637 e. The standard InChI is InChI=1S/C13H27NO2/c1-13(2,15-4)10-12(14-3)9-11-5-7-16-8-6-11/h11-12,14H,5-10H2,1-4H3. The molecule has 1 rings (SSSR count). The fourth-order valence-corrected chi connectivity index (χ4v) is 2.36. The van der Waals surface area contributed by atoms with Crippen LogP contribution in [0.2, 0.25) is 0 Å². The van der Waals surface area contributed by atoms with Gasteiger partial charge in [-0.3, -0.25) is 0 Å². The molecule has 3 heteroatoms. The Morgan fingerprint density at radius 3 is 2.50 bits per heavy atom. The lowest BCUT2D eigenvalue weighted by atomic mass is 9.87. The second kappa shape index (κ2) is 6.58. The van der Waals surface area contributed by atoms with Crippen LogP contribution in [0.3, 0.4) is 0 Å². The summed E-state index contributed by atoms with van der Waals surface area (Å²) in [5.74, 6) is 0.818. The van der Waals surface area contributed by atoms with E-state index in [1.54, 1.807) is 7.11 Å². The molecule has 1 N–H and O–H groups in total. The van der Waals surface area contributed by atoms with Crippen LogP contribution < -0.4 is 5.32 Å². The molecule has 1 saturated heterocycles. The van der Waals surface area contributed by atoms with Crippen LogP contribution in [0.1, 0.15) is 39.5 Å². The van der Waals surface area contributed by atoms with Crippen molar-refractivity contribution < 1.29 is 9.47 Å².